The van der Waals surface area contributed by atoms with E-state index in [2.05, 4.69) is 20.7 Å². The number of pyridine rings is 1. The summed E-state index contributed by atoms with van der Waals surface area (Å²) in [7, 11) is 1.73. The van der Waals surface area contributed by atoms with Gasteiger partial charge in [0.1, 0.15) is 5.56 Å². The number of rotatable bonds is 5. The Morgan fingerprint density at radius 3 is 2.75 bits per heavy atom. The Hall–Kier alpha value is -2.64. The molecular weight excluding hydrogens is 262 g/mol. The molecule has 2 rings (SSSR count). The molecule has 0 aliphatic heterocycles. The topological polar surface area (TPSA) is 109 Å². The molecule has 0 radical (unpaired) electrons. The van der Waals surface area contributed by atoms with Gasteiger partial charge < -0.3 is 15.7 Å². The maximum absolute atomic E-state index is 11.2. The Morgan fingerprint density at radius 2 is 2.10 bits per heavy atom. The number of carboxylic acids is 1. The van der Waals surface area contributed by atoms with Gasteiger partial charge in [0.2, 0.25) is 5.91 Å². The number of nitrogens with one attached hydrogen (secondary N) is 2. The molecule has 0 spiro atoms. The van der Waals surface area contributed by atoms with Gasteiger partial charge in [-0.25, -0.2) is 9.78 Å². The quantitative estimate of drug-likeness (QED) is 0.674. The zero-order chi connectivity index (χ0) is 14.7. The number of fused-ring (bicyclic) bond motifs is 1. The SMILES string of the molecule is CC(=O)NCCNc1c(C(=O)O)cnc2c1cnn2C. The predicted octanol–water partition coefficient (Wildman–Crippen LogP) is 0.214. The number of carbonyl (C=O) groups is 2. The van der Waals surface area contributed by atoms with Crippen LogP contribution in [0.5, 0.6) is 0 Å². The van der Waals surface area contributed by atoms with Crippen LogP contribution in [0.3, 0.4) is 0 Å². The van der Waals surface area contributed by atoms with Crippen molar-refractivity contribution < 1.29 is 14.7 Å². The molecule has 8 nitrogen and oxygen atoms in total. The maximum Gasteiger partial charge on any atom is 0.339 e. The van der Waals surface area contributed by atoms with Gasteiger partial charge >= 0.3 is 5.97 Å². The Labute approximate surface area is 114 Å². The number of carboxylic acid groups (broad SMARTS) is 1. The monoisotopic (exact) mass is 277 g/mol. The van der Waals surface area contributed by atoms with E-state index in [1.165, 1.54) is 13.1 Å². The van der Waals surface area contributed by atoms with Crippen LogP contribution in [0, 0.1) is 0 Å². The standard InChI is InChI=1S/C12H15N5O3/c1-7(18)13-3-4-14-10-8-6-16-17(2)11(8)15-5-9(10)12(19)20/h5-6H,3-4H2,1-2H3,(H,13,18)(H,14,15)(H,19,20). The highest BCUT2D eigenvalue weighted by atomic mass is 16.4. The van der Waals surface area contributed by atoms with Gasteiger partial charge in [-0.15, -0.1) is 0 Å². The first-order valence-electron chi connectivity index (χ1n) is 6.03. The summed E-state index contributed by atoms with van der Waals surface area (Å²) in [5.74, 6) is -1.20. The average molecular weight is 277 g/mol. The minimum absolute atomic E-state index is 0.0772. The van der Waals surface area contributed by atoms with E-state index in [1.807, 2.05) is 0 Å². The molecule has 2 aromatic heterocycles. The molecule has 0 aliphatic carbocycles. The van der Waals surface area contributed by atoms with Gasteiger partial charge in [0.25, 0.3) is 0 Å². The lowest BCUT2D eigenvalue weighted by Crippen LogP contribution is -2.26. The molecule has 0 aromatic carbocycles. The Kier molecular flexibility index (Phi) is 3.83. The highest BCUT2D eigenvalue weighted by molar-refractivity contribution is 6.03. The lowest BCUT2D eigenvalue weighted by atomic mass is 10.2. The van der Waals surface area contributed by atoms with E-state index in [1.54, 1.807) is 17.9 Å². The number of carbonyl (C=O) groups excluding carboxylic acids is 1. The van der Waals surface area contributed by atoms with Crippen LogP contribution >= 0.6 is 0 Å². The third-order valence-electron chi connectivity index (χ3n) is 2.79. The smallest absolute Gasteiger partial charge is 0.339 e. The summed E-state index contributed by atoms with van der Waals surface area (Å²) in [6, 6.07) is 0. The van der Waals surface area contributed by atoms with Gasteiger partial charge in [0, 0.05) is 33.3 Å². The first-order valence-corrected chi connectivity index (χ1v) is 6.03. The molecule has 3 N–H and O–H groups in total. The number of hydrogen-bond donors (Lipinski definition) is 3. The van der Waals surface area contributed by atoms with Crippen molar-refractivity contribution in [1.82, 2.24) is 20.1 Å². The first-order chi connectivity index (χ1) is 9.50. The van der Waals surface area contributed by atoms with Gasteiger partial charge in [-0.3, -0.25) is 9.48 Å². The molecule has 2 heterocycles. The van der Waals surface area contributed by atoms with Crippen LogP contribution < -0.4 is 10.6 Å². The minimum Gasteiger partial charge on any atom is -0.478 e. The van der Waals surface area contributed by atoms with E-state index in [4.69, 9.17) is 0 Å². The van der Waals surface area contributed by atoms with Crippen LogP contribution in [0.1, 0.15) is 17.3 Å². The second kappa shape index (κ2) is 5.55. The van der Waals surface area contributed by atoms with Crippen molar-refractivity contribution in [1.29, 1.82) is 0 Å². The van der Waals surface area contributed by atoms with Crippen LogP contribution in [0.4, 0.5) is 5.69 Å². The second-order valence-corrected chi connectivity index (χ2v) is 4.27. The average Bonchev–Trinajstić information content (AvgIpc) is 2.76. The maximum atomic E-state index is 11.2. The van der Waals surface area contributed by atoms with Crippen LogP contribution in [-0.2, 0) is 11.8 Å². The Balaban J connectivity index is 2.30. The number of amides is 1. The lowest BCUT2D eigenvalue weighted by molar-refractivity contribution is -0.118. The molecule has 8 heteroatoms. The summed E-state index contributed by atoms with van der Waals surface area (Å²) in [5, 5.41) is 19.5. The molecule has 2 aromatic rings. The van der Waals surface area contributed by atoms with E-state index in [-0.39, 0.29) is 11.5 Å². The van der Waals surface area contributed by atoms with Crippen molar-refractivity contribution in [2.75, 3.05) is 18.4 Å². The Morgan fingerprint density at radius 1 is 1.35 bits per heavy atom. The van der Waals surface area contributed by atoms with Crippen molar-refractivity contribution in [3.05, 3.63) is 18.0 Å². The summed E-state index contributed by atoms with van der Waals surface area (Å²) in [6.45, 7) is 2.24. The van der Waals surface area contributed by atoms with Crippen molar-refractivity contribution >= 4 is 28.6 Å². The molecule has 0 bridgehead atoms. The van der Waals surface area contributed by atoms with E-state index in [0.717, 1.165) is 0 Å². The van der Waals surface area contributed by atoms with Crippen LogP contribution in [0.15, 0.2) is 12.4 Å². The van der Waals surface area contributed by atoms with Gasteiger partial charge in [0.05, 0.1) is 17.3 Å². The largest absolute Gasteiger partial charge is 0.478 e. The van der Waals surface area contributed by atoms with Crippen molar-refractivity contribution in [3.8, 4) is 0 Å². The Bertz CT molecular complexity index is 664. The number of aryl methyl sites for hydroxylation is 1. The number of anilines is 1. The fourth-order valence-corrected chi connectivity index (χ4v) is 1.87. The van der Waals surface area contributed by atoms with Gasteiger partial charge in [-0.1, -0.05) is 0 Å². The van der Waals surface area contributed by atoms with Crippen molar-refractivity contribution in [2.24, 2.45) is 7.05 Å². The molecule has 0 unspecified atom stereocenters. The van der Waals surface area contributed by atoms with Crippen molar-refractivity contribution in [3.63, 3.8) is 0 Å². The molecular formula is C12H15N5O3. The number of hydrogen-bond acceptors (Lipinski definition) is 5. The predicted molar refractivity (Wildman–Crippen MR) is 72.6 cm³/mol. The van der Waals surface area contributed by atoms with Gasteiger partial charge in [-0.05, 0) is 0 Å². The third kappa shape index (κ3) is 2.68. The molecule has 20 heavy (non-hydrogen) atoms. The normalized spacial score (nSPS) is 10.5. The van der Waals surface area contributed by atoms with Crippen LogP contribution in [0.2, 0.25) is 0 Å². The van der Waals surface area contributed by atoms with Gasteiger partial charge in [0.15, 0.2) is 5.65 Å². The molecule has 106 valence electrons. The first kappa shape index (κ1) is 13.8. The van der Waals surface area contributed by atoms with E-state index in [0.29, 0.717) is 29.8 Å². The highest BCUT2D eigenvalue weighted by Crippen LogP contribution is 2.25. The number of aromatic carboxylic acids is 1. The third-order valence-corrected chi connectivity index (χ3v) is 2.79. The summed E-state index contributed by atoms with van der Waals surface area (Å²) < 4.78 is 1.57. The summed E-state index contributed by atoms with van der Waals surface area (Å²) >= 11 is 0. The molecule has 0 saturated heterocycles. The molecule has 0 atom stereocenters. The fourth-order valence-electron chi connectivity index (χ4n) is 1.87. The van der Waals surface area contributed by atoms with Gasteiger partial charge in [-0.2, -0.15) is 5.10 Å². The zero-order valence-electron chi connectivity index (χ0n) is 11.2. The minimum atomic E-state index is -1.06. The van der Waals surface area contributed by atoms with E-state index in [9.17, 15) is 14.7 Å². The second-order valence-electron chi connectivity index (χ2n) is 4.27. The zero-order valence-corrected chi connectivity index (χ0v) is 11.2. The summed E-state index contributed by atoms with van der Waals surface area (Å²) in [5.41, 5.74) is 1.13. The molecule has 1 amide bonds. The van der Waals surface area contributed by atoms with E-state index >= 15 is 0 Å². The lowest BCUT2D eigenvalue weighted by Gasteiger charge is -2.10. The van der Waals surface area contributed by atoms with E-state index < -0.39 is 5.97 Å². The molecule has 0 fully saturated rings. The number of aromatic nitrogens is 3. The highest BCUT2D eigenvalue weighted by Gasteiger charge is 2.16. The van der Waals surface area contributed by atoms with Crippen LogP contribution in [-0.4, -0.2) is 44.8 Å². The molecule has 0 saturated carbocycles. The summed E-state index contributed by atoms with van der Waals surface area (Å²) in [4.78, 5) is 26.1. The van der Waals surface area contributed by atoms with Crippen LogP contribution in [0.25, 0.3) is 11.0 Å². The van der Waals surface area contributed by atoms with Crippen molar-refractivity contribution in [2.45, 2.75) is 6.92 Å². The number of nitrogens with zero attached hydrogens (tertiary/aromatic N) is 3. The molecule has 0 aliphatic rings. The summed E-state index contributed by atoms with van der Waals surface area (Å²) in [6.07, 6.45) is 2.86. The fraction of sp³-hybridized carbons (Fsp3) is 0.333.